The maximum atomic E-state index is 12.8. The van der Waals surface area contributed by atoms with Gasteiger partial charge in [0.2, 0.25) is 26.9 Å². The van der Waals surface area contributed by atoms with E-state index in [1.54, 1.807) is 41.3 Å². The second-order valence-electron chi connectivity index (χ2n) is 7.04. The van der Waals surface area contributed by atoms with Gasteiger partial charge in [0.25, 0.3) is 0 Å². The Morgan fingerprint density at radius 1 is 1.13 bits per heavy atom. The number of sulfonamides is 1. The second-order valence-corrected chi connectivity index (χ2v) is 9.92. The van der Waals surface area contributed by atoms with E-state index in [0.29, 0.717) is 29.8 Å². The monoisotopic (exact) mass is 462 g/mol. The van der Waals surface area contributed by atoms with E-state index < -0.39 is 10.0 Å². The highest BCUT2D eigenvalue weighted by Crippen LogP contribution is 2.23. The maximum absolute atomic E-state index is 12.8. The van der Waals surface area contributed by atoms with Crippen LogP contribution in [-0.2, 0) is 14.8 Å². The molecule has 4 rings (SSSR count). The van der Waals surface area contributed by atoms with Crippen LogP contribution >= 0.6 is 11.8 Å². The van der Waals surface area contributed by atoms with Crippen LogP contribution in [0.25, 0.3) is 11.6 Å². The molecule has 0 bridgehead atoms. The molecule has 31 heavy (non-hydrogen) atoms. The molecule has 1 aromatic carbocycles. The van der Waals surface area contributed by atoms with Crippen LogP contribution in [0.15, 0.2) is 57.1 Å². The second kappa shape index (κ2) is 8.73. The molecule has 2 aromatic heterocycles. The molecule has 1 saturated heterocycles. The highest BCUT2D eigenvalue weighted by molar-refractivity contribution is 7.99. The molecule has 1 fully saturated rings. The number of furan rings is 1. The van der Waals surface area contributed by atoms with Gasteiger partial charge in [-0.15, -0.1) is 10.2 Å². The normalized spacial score (nSPS) is 15.3. The molecule has 0 spiro atoms. The van der Waals surface area contributed by atoms with Gasteiger partial charge in [0, 0.05) is 26.2 Å². The number of nitrogens with two attached hydrogens (primary N) is 1. The number of nitrogen functional groups attached to an aromatic ring is 1. The molecule has 0 radical (unpaired) electrons. The number of carbonyl (C=O) groups excluding carboxylic acids is 1. The van der Waals surface area contributed by atoms with Gasteiger partial charge in [0.1, 0.15) is 0 Å². The van der Waals surface area contributed by atoms with Gasteiger partial charge in [-0.2, -0.15) is 4.31 Å². The molecule has 1 aliphatic heterocycles. The SMILES string of the molecule is Cc1ccc(S(=O)(=O)N2CCN(C(=O)CSc3nnc(-c4ccco4)n3N)CC2)cc1. The Morgan fingerprint density at radius 3 is 2.48 bits per heavy atom. The lowest BCUT2D eigenvalue weighted by atomic mass is 10.2. The summed E-state index contributed by atoms with van der Waals surface area (Å²) in [5.74, 6) is 6.87. The summed E-state index contributed by atoms with van der Waals surface area (Å²) < 4.78 is 33.6. The lowest BCUT2D eigenvalue weighted by molar-refractivity contribution is -0.129. The number of hydrogen-bond acceptors (Lipinski definition) is 8. The van der Waals surface area contributed by atoms with Gasteiger partial charge >= 0.3 is 0 Å². The van der Waals surface area contributed by atoms with Gasteiger partial charge in [-0.25, -0.2) is 13.1 Å². The Morgan fingerprint density at radius 2 is 1.84 bits per heavy atom. The lowest BCUT2D eigenvalue weighted by Gasteiger charge is -2.34. The van der Waals surface area contributed by atoms with Crippen LogP contribution in [0.1, 0.15) is 5.56 Å². The number of amides is 1. The fraction of sp³-hybridized carbons (Fsp3) is 0.316. The molecule has 10 nitrogen and oxygen atoms in total. The van der Waals surface area contributed by atoms with Crippen LogP contribution in [-0.4, -0.2) is 70.3 Å². The summed E-state index contributed by atoms with van der Waals surface area (Å²) in [5.41, 5.74) is 0.997. The van der Waals surface area contributed by atoms with E-state index >= 15 is 0 Å². The molecular formula is C19H22N6O4S2. The fourth-order valence-electron chi connectivity index (χ4n) is 3.20. The minimum Gasteiger partial charge on any atom is -0.461 e. The average molecular weight is 463 g/mol. The van der Waals surface area contributed by atoms with Crippen molar-refractivity contribution in [3.05, 3.63) is 48.2 Å². The quantitative estimate of drug-likeness (QED) is 0.427. The van der Waals surface area contributed by atoms with Crippen molar-refractivity contribution in [3.63, 3.8) is 0 Å². The minimum absolute atomic E-state index is 0.111. The van der Waals surface area contributed by atoms with Crippen molar-refractivity contribution in [2.75, 3.05) is 37.8 Å². The smallest absolute Gasteiger partial charge is 0.243 e. The summed E-state index contributed by atoms with van der Waals surface area (Å²) >= 11 is 1.17. The van der Waals surface area contributed by atoms with Gasteiger partial charge in [-0.1, -0.05) is 29.5 Å². The predicted molar refractivity (Wildman–Crippen MR) is 115 cm³/mol. The number of carbonyl (C=O) groups is 1. The molecule has 0 atom stereocenters. The summed E-state index contributed by atoms with van der Waals surface area (Å²) in [7, 11) is -3.56. The number of nitrogens with zero attached hydrogens (tertiary/aromatic N) is 5. The summed E-state index contributed by atoms with van der Waals surface area (Å²) in [5, 5.41) is 8.39. The lowest BCUT2D eigenvalue weighted by Crippen LogP contribution is -2.51. The van der Waals surface area contributed by atoms with Crippen LogP contribution in [0.5, 0.6) is 0 Å². The number of rotatable bonds is 6. The van der Waals surface area contributed by atoms with Crippen LogP contribution in [0.2, 0.25) is 0 Å². The Labute approximate surface area is 184 Å². The van der Waals surface area contributed by atoms with Crippen molar-refractivity contribution in [2.45, 2.75) is 17.0 Å². The van der Waals surface area contributed by atoms with E-state index in [1.165, 1.54) is 27.0 Å². The van der Waals surface area contributed by atoms with Crippen molar-refractivity contribution in [2.24, 2.45) is 0 Å². The van der Waals surface area contributed by atoms with Crippen molar-refractivity contribution in [1.29, 1.82) is 0 Å². The molecule has 3 heterocycles. The zero-order chi connectivity index (χ0) is 22.0. The molecule has 0 saturated carbocycles. The van der Waals surface area contributed by atoms with E-state index in [9.17, 15) is 13.2 Å². The predicted octanol–water partition coefficient (Wildman–Crippen LogP) is 1.19. The standard InChI is InChI=1S/C19H22N6O4S2/c1-14-4-6-15(7-5-14)31(27,28)24-10-8-23(9-11-24)17(26)13-30-19-22-21-18(25(19)20)16-3-2-12-29-16/h2-7,12H,8-11,13,20H2,1H3. The molecular weight excluding hydrogens is 440 g/mol. The highest BCUT2D eigenvalue weighted by Gasteiger charge is 2.30. The number of hydrogen-bond donors (Lipinski definition) is 1. The van der Waals surface area contributed by atoms with Crippen LogP contribution in [0.3, 0.4) is 0 Å². The summed E-state index contributed by atoms with van der Waals surface area (Å²) in [6, 6.07) is 10.2. The number of piperazine rings is 1. The third-order valence-corrected chi connectivity index (χ3v) is 7.82. The summed E-state index contributed by atoms with van der Waals surface area (Å²) in [6.45, 7) is 3.07. The number of aryl methyl sites for hydroxylation is 1. The number of thioether (sulfide) groups is 1. The molecule has 1 amide bonds. The molecule has 164 valence electrons. The third-order valence-electron chi connectivity index (χ3n) is 4.98. The largest absolute Gasteiger partial charge is 0.461 e. The van der Waals surface area contributed by atoms with E-state index in [1.807, 2.05) is 6.92 Å². The molecule has 3 aromatic rings. The minimum atomic E-state index is -3.56. The van der Waals surface area contributed by atoms with Crippen molar-refractivity contribution < 1.29 is 17.6 Å². The van der Waals surface area contributed by atoms with E-state index in [-0.39, 0.29) is 29.6 Å². The third kappa shape index (κ3) is 4.45. The van der Waals surface area contributed by atoms with Gasteiger partial charge < -0.3 is 15.2 Å². The zero-order valence-electron chi connectivity index (χ0n) is 16.8. The molecule has 0 unspecified atom stereocenters. The van der Waals surface area contributed by atoms with E-state index in [2.05, 4.69) is 10.2 Å². The molecule has 0 aliphatic carbocycles. The maximum Gasteiger partial charge on any atom is 0.243 e. The van der Waals surface area contributed by atoms with Gasteiger partial charge in [0.05, 0.1) is 16.9 Å². The van der Waals surface area contributed by atoms with E-state index in [0.717, 1.165) is 5.56 Å². The van der Waals surface area contributed by atoms with Crippen molar-refractivity contribution in [3.8, 4) is 11.6 Å². The topological polar surface area (TPSA) is 128 Å². The van der Waals surface area contributed by atoms with E-state index in [4.69, 9.17) is 10.3 Å². The first kappa shape index (κ1) is 21.4. The first-order valence-corrected chi connectivity index (χ1v) is 12.0. The Kier molecular flexibility index (Phi) is 6.03. The van der Waals surface area contributed by atoms with Crippen LogP contribution in [0.4, 0.5) is 0 Å². The average Bonchev–Trinajstić information content (AvgIpc) is 3.42. The first-order chi connectivity index (χ1) is 14.9. The number of benzene rings is 1. The molecule has 1 aliphatic rings. The van der Waals surface area contributed by atoms with Crippen LogP contribution in [0, 0.1) is 6.92 Å². The van der Waals surface area contributed by atoms with Gasteiger partial charge in [-0.3, -0.25) is 4.79 Å². The molecule has 2 N–H and O–H groups in total. The fourth-order valence-corrected chi connectivity index (χ4v) is 5.39. The Hall–Kier alpha value is -2.83. The summed E-state index contributed by atoms with van der Waals surface area (Å²) in [4.78, 5) is 14.5. The Balaban J connectivity index is 1.32. The van der Waals surface area contributed by atoms with Crippen molar-refractivity contribution >= 4 is 27.7 Å². The first-order valence-electron chi connectivity index (χ1n) is 9.58. The number of aromatic nitrogens is 3. The van der Waals surface area contributed by atoms with Crippen molar-refractivity contribution in [1.82, 2.24) is 24.1 Å². The zero-order valence-corrected chi connectivity index (χ0v) is 18.5. The van der Waals surface area contributed by atoms with Crippen LogP contribution < -0.4 is 5.84 Å². The molecule has 12 heteroatoms. The highest BCUT2D eigenvalue weighted by atomic mass is 32.2. The van der Waals surface area contributed by atoms with Gasteiger partial charge in [-0.05, 0) is 31.2 Å². The van der Waals surface area contributed by atoms with Gasteiger partial charge in [0.15, 0.2) is 5.76 Å². The Bertz CT molecular complexity index is 1150. The summed E-state index contributed by atoms with van der Waals surface area (Å²) in [6.07, 6.45) is 1.51.